The molecule has 0 aliphatic heterocycles. The minimum atomic E-state index is -0.242. The quantitative estimate of drug-likeness (QED) is 0.723. The van der Waals surface area contributed by atoms with Crippen molar-refractivity contribution in [1.82, 2.24) is 15.0 Å². The summed E-state index contributed by atoms with van der Waals surface area (Å²) in [6, 6.07) is 6.35. The summed E-state index contributed by atoms with van der Waals surface area (Å²) in [4.78, 5) is 12.9. The topological polar surface area (TPSA) is 38.7 Å². The van der Waals surface area contributed by atoms with Crippen LogP contribution in [0, 0.1) is 5.82 Å². The maximum absolute atomic E-state index is 12.9. The summed E-state index contributed by atoms with van der Waals surface area (Å²) in [6.07, 6.45) is 7.00. The molecular weight excluding hydrogens is 285 g/mol. The van der Waals surface area contributed by atoms with Gasteiger partial charge in [0.1, 0.15) is 10.8 Å². The molecule has 2 aromatic heterocycles. The van der Waals surface area contributed by atoms with Gasteiger partial charge >= 0.3 is 0 Å². The van der Waals surface area contributed by atoms with Crippen molar-refractivity contribution in [1.29, 1.82) is 0 Å². The smallest absolute Gasteiger partial charge is 0.124 e. The second-order valence-corrected chi connectivity index (χ2v) is 5.36. The van der Waals surface area contributed by atoms with Gasteiger partial charge in [-0.3, -0.25) is 9.97 Å². The maximum atomic E-state index is 12.9. The van der Waals surface area contributed by atoms with E-state index in [2.05, 4.69) is 15.0 Å². The van der Waals surface area contributed by atoms with Crippen LogP contribution in [0.5, 0.6) is 0 Å². The summed E-state index contributed by atoms with van der Waals surface area (Å²) in [5, 5.41) is 2.84. The minimum Gasteiger partial charge on any atom is -0.261 e. The molecule has 21 heavy (non-hydrogen) atoms. The molecule has 0 N–H and O–H groups in total. The number of halogens is 1. The largest absolute Gasteiger partial charge is 0.261 e. The predicted molar refractivity (Wildman–Crippen MR) is 83.1 cm³/mol. The van der Waals surface area contributed by atoms with Crippen molar-refractivity contribution in [2.75, 3.05) is 0 Å². The molecule has 0 aliphatic carbocycles. The van der Waals surface area contributed by atoms with Gasteiger partial charge in [0.05, 0.1) is 17.6 Å². The molecule has 0 spiro atoms. The average molecular weight is 297 g/mol. The fourth-order valence-electron chi connectivity index (χ4n) is 1.88. The summed E-state index contributed by atoms with van der Waals surface area (Å²) in [5.74, 6) is -0.242. The first-order chi connectivity index (χ1) is 10.2. The van der Waals surface area contributed by atoms with E-state index in [0.717, 1.165) is 27.5 Å². The van der Waals surface area contributed by atoms with Crippen LogP contribution in [-0.4, -0.2) is 15.0 Å². The average Bonchev–Trinajstić information content (AvgIpc) is 2.97. The highest BCUT2D eigenvalue weighted by atomic mass is 32.1. The Morgan fingerprint density at radius 2 is 2.00 bits per heavy atom. The number of thiazole rings is 1. The lowest BCUT2D eigenvalue weighted by Crippen LogP contribution is -1.86. The van der Waals surface area contributed by atoms with E-state index >= 15 is 0 Å². The van der Waals surface area contributed by atoms with Gasteiger partial charge in [-0.25, -0.2) is 9.37 Å². The van der Waals surface area contributed by atoms with Crippen LogP contribution in [0.3, 0.4) is 0 Å². The monoisotopic (exact) mass is 297 g/mol. The fourth-order valence-corrected chi connectivity index (χ4v) is 2.66. The second-order valence-electron chi connectivity index (χ2n) is 4.50. The Labute approximate surface area is 125 Å². The molecular formula is C16H12FN3S. The predicted octanol–water partition coefficient (Wildman–Crippen LogP) is 4.30. The summed E-state index contributed by atoms with van der Waals surface area (Å²) in [5.41, 5.74) is 3.61. The molecule has 0 atom stereocenters. The Hall–Kier alpha value is -2.40. The number of rotatable bonds is 3. The van der Waals surface area contributed by atoms with Crippen LogP contribution in [0.15, 0.2) is 48.2 Å². The molecule has 3 nitrogen and oxygen atoms in total. The normalized spacial score (nSPS) is 11.6. The van der Waals surface area contributed by atoms with E-state index < -0.39 is 0 Å². The van der Waals surface area contributed by atoms with Crippen LogP contribution in [0.1, 0.15) is 18.3 Å². The minimum absolute atomic E-state index is 0.242. The molecule has 1 aromatic carbocycles. The van der Waals surface area contributed by atoms with Gasteiger partial charge in [-0.2, -0.15) is 0 Å². The van der Waals surface area contributed by atoms with Crippen molar-refractivity contribution in [3.63, 3.8) is 0 Å². The Morgan fingerprint density at radius 3 is 2.71 bits per heavy atom. The number of aromatic nitrogens is 3. The Bertz CT molecular complexity index is 764. The molecule has 0 saturated heterocycles. The first-order valence-corrected chi connectivity index (χ1v) is 7.26. The van der Waals surface area contributed by atoms with Gasteiger partial charge in [-0.05, 0) is 42.8 Å². The zero-order chi connectivity index (χ0) is 14.7. The van der Waals surface area contributed by atoms with Gasteiger partial charge in [-0.1, -0.05) is 0 Å². The summed E-state index contributed by atoms with van der Waals surface area (Å²) in [6.45, 7) is 1.97. The molecule has 3 rings (SSSR count). The number of benzene rings is 1. The zero-order valence-corrected chi connectivity index (χ0v) is 12.1. The molecule has 0 saturated carbocycles. The van der Waals surface area contributed by atoms with Crippen molar-refractivity contribution in [3.8, 4) is 10.6 Å². The number of hydrogen-bond donors (Lipinski definition) is 0. The molecule has 2 heterocycles. The van der Waals surface area contributed by atoms with E-state index in [4.69, 9.17) is 0 Å². The highest BCUT2D eigenvalue weighted by molar-refractivity contribution is 7.13. The van der Waals surface area contributed by atoms with Crippen molar-refractivity contribution in [3.05, 3.63) is 65.4 Å². The summed E-state index contributed by atoms with van der Waals surface area (Å²) in [7, 11) is 0. The lowest BCUT2D eigenvalue weighted by molar-refractivity contribution is 0.628. The van der Waals surface area contributed by atoms with Gasteiger partial charge in [0, 0.05) is 23.3 Å². The Morgan fingerprint density at radius 1 is 1.19 bits per heavy atom. The van der Waals surface area contributed by atoms with Crippen molar-refractivity contribution in [2.45, 2.75) is 6.92 Å². The molecule has 104 valence electrons. The molecule has 0 fully saturated rings. The highest BCUT2D eigenvalue weighted by Gasteiger charge is 2.05. The van der Waals surface area contributed by atoms with Crippen molar-refractivity contribution >= 4 is 23.0 Å². The van der Waals surface area contributed by atoms with Gasteiger partial charge in [-0.15, -0.1) is 11.3 Å². The van der Waals surface area contributed by atoms with Crippen LogP contribution in [0.25, 0.3) is 22.2 Å². The molecule has 0 bridgehead atoms. The van der Waals surface area contributed by atoms with E-state index in [1.807, 2.05) is 18.4 Å². The van der Waals surface area contributed by atoms with E-state index in [9.17, 15) is 4.39 Å². The first-order valence-electron chi connectivity index (χ1n) is 6.38. The first kappa shape index (κ1) is 13.6. The van der Waals surface area contributed by atoms with Crippen LogP contribution in [0.4, 0.5) is 4.39 Å². The lowest BCUT2D eigenvalue weighted by Gasteiger charge is -1.98. The lowest BCUT2D eigenvalue weighted by atomic mass is 10.2. The SMILES string of the molecule is C/C(=C\c1csc(-c2ccc(F)cc2)n1)c1cnccn1. The van der Waals surface area contributed by atoms with Gasteiger partial charge in [0.25, 0.3) is 0 Å². The molecule has 5 heteroatoms. The van der Waals surface area contributed by atoms with Crippen LogP contribution >= 0.6 is 11.3 Å². The molecule has 0 aliphatic rings. The zero-order valence-electron chi connectivity index (χ0n) is 11.3. The molecule has 0 radical (unpaired) electrons. The van der Waals surface area contributed by atoms with Crippen LogP contribution in [0.2, 0.25) is 0 Å². The van der Waals surface area contributed by atoms with Gasteiger partial charge < -0.3 is 0 Å². The standard InChI is InChI=1S/C16H12FN3S/c1-11(15-9-18-6-7-19-15)8-14-10-21-16(20-14)12-2-4-13(17)5-3-12/h2-10H,1H3/b11-8+. The van der Waals surface area contributed by atoms with Gasteiger partial charge in [0.15, 0.2) is 0 Å². The fraction of sp³-hybridized carbons (Fsp3) is 0.0625. The van der Waals surface area contributed by atoms with E-state index in [1.165, 1.54) is 23.5 Å². The van der Waals surface area contributed by atoms with Crippen LogP contribution < -0.4 is 0 Å². The number of nitrogens with zero attached hydrogens (tertiary/aromatic N) is 3. The van der Waals surface area contributed by atoms with Gasteiger partial charge in [0.2, 0.25) is 0 Å². The Balaban J connectivity index is 1.87. The third-order valence-electron chi connectivity index (χ3n) is 2.94. The number of hydrogen-bond acceptors (Lipinski definition) is 4. The molecule has 0 amide bonds. The van der Waals surface area contributed by atoms with Crippen molar-refractivity contribution in [2.24, 2.45) is 0 Å². The molecule has 0 unspecified atom stereocenters. The summed E-state index contributed by atoms with van der Waals surface area (Å²) < 4.78 is 12.9. The van der Waals surface area contributed by atoms with E-state index in [-0.39, 0.29) is 5.82 Å². The molecule has 3 aromatic rings. The van der Waals surface area contributed by atoms with E-state index in [1.54, 1.807) is 30.7 Å². The number of allylic oxidation sites excluding steroid dienone is 1. The van der Waals surface area contributed by atoms with Crippen molar-refractivity contribution < 1.29 is 4.39 Å². The van der Waals surface area contributed by atoms with Crippen LogP contribution in [-0.2, 0) is 0 Å². The van der Waals surface area contributed by atoms with E-state index in [0.29, 0.717) is 0 Å². The second kappa shape index (κ2) is 5.93. The third kappa shape index (κ3) is 3.20. The summed E-state index contributed by atoms with van der Waals surface area (Å²) >= 11 is 1.53. The maximum Gasteiger partial charge on any atom is 0.124 e. The highest BCUT2D eigenvalue weighted by Crippen LogP contribution is 2.25. The third-order valence-corrected chi connectivity index (χ3v) is 3.85. The Kier molecular flexibility index (Phi) is 3.83.